The number of rotatable bonds is 1. The van der Waals surface area contributed by atoms with Crippen LogP contribution in [-0.4, -0.2) is 14.5 Å². The van der Waals surface area contributed by atoms with Crippen LogP contribution in [-0.2, 0) is 5.41 Å². The van der Waals surface area contributed by atoms with Gasteiger partial charge >= 0.3 is 0 Å². The molecule has 0 radical (unpaired) electrons. The van der Waals surface area contributed by atoms with E-state index >= 15 is 0 Å². The van der Waals surface area contributed by atoms with Gasteiger partial charge < -0.3 is 4.81 Å². The van der Waals surface area contributed by atoms with Gasteiger partial charge in [-0.3, -0.25) is 0 Å². The Morgan fingerprint density at radius 3 is 3.06 bits per heavy atom. The van der Waals surface area contributed by atoms with E-state index in [0.29, 0.717) is 0 Å². The van der Waals surface area contributed by atoms with Gasteiger partial charge in [-0.15, -0.1) is 0 Å². The van der Waals surface area contributed by atoms with Crippen LogP contribution in [0.25, 0.3) is 0 Å². The Morgan fingerprint density at radius 2 is 2.38 bits per heavy atom. The quantitative estimate of drug-likeness (QED) is 0.580. The molecule has 1 aromatic rings. The molecule has 0 bridgehead atoms. The van der Waals surface area contributed by atoms with Crippen molar-refractivity contribution in [1.82, 2.24) is 0 Å². The van der Waals surface area contributed by atoms with Gasteiger partial charge in [-0.25, -0.2) is 0 Å². The second kappa shape index (κ2) is 3.99. The van der Waals surface area contributed by atoms with Crippen LogP contribution in [0, 0.1) is 11.3 Å². The van der Waals surface area contributed by atoms with E-state index < -0.39 is 0 Å². The Balaban J connectivity index is 2.51. The van der Waals surface area contributed by atoms with Crippen LogP contribution in [0.3, 0.4) is 0 Å². The SMILES string of the molecule is BN1CC(C)(/C=C/C#N)c2ccc(Br)cc21. The first-order valence-corrected chi connectivity index (χ1v) is 5.94. The van der Waals surface area contributed by atoms with Crippen LogP contribution in [0.5, 0.6) is 0 Å². The predicted octanol–water partition coefficient (Wildman–Crippen LogP) is 2.15. The molecule has 1 heterocycles. The highest BCUT2D eigenvalue weighted by Gasteiger charge is 2.34. The highest BCUT2D eigenvalue weighted by Crippen LogP contribution is 2.41. The van der Waals surface area contributed by atoms with Crippen molar-refractivity contribution < 1.29 is 0 Å². The summed E-state index contributed by atoms with van der Waals surface area (Å²) < 4.78 is 1.09. The molecule has 0 aliphatic carbocycles. The fourth-order valence-electron chi connectivity index (χ4n) is 2.33. The highest BCUT2D eigenvalue weighted by atomic mass is 79.9. The lowest BCUT2D eigenvalue weighted by molar-refractivity contribution is 0.650. The van der Waals surface area contributed by atoms with Crippen LogP contribution in [0.1, 0.15) is 12.5 Å². The molecule has 4 heteroatoms. The zero-order valence-electron chi connectivity index (χ0n) is 9.37. The monoisotopic (exact) mass is 274 g/mol. The van der Waals surface area contributed by atoms with Crippen LogP contribution in [0.2, 0.25) is 0 Å². The molecular weight excluding hydrogens is 263 g/mol. The van der Waals surface area contributed by atoms with Gasteiger partial charge in [0.1, 0.15) is 0 Å². The maximum Gasteiger partial charge on any atom is 0.217 e. The molecule has 0 fully saturated rings. The van der Waals surface area contributed by atoms with Gasteiger partial charge in [-0.2, -0.15) is 5.26 Å². The molecule has 80 valence electrons. The molecule has 0 saturated carbocycles. The standard InChI is InChI=1S/C12H12BBrN2/c1-12(5-2-6-15)8-16(13)11-7-9(14)3-4-10(11)12/h2-5,7H,8,13H2,1H3/b5-2+. The van der Waals surface area contributed by atoms with Crippen LogP contribution in [0.4, 0.5) is 5.69 Å². The van der Waals surface area contributed by atoms with Crippen molar-refractivity contribution in [2.75, 3.05) is 11.4 Å². The molecule has 1 atom stereocenters. The molecule has 1 aliphatic rings. The second-order valence-electron chi connectivity index (χ2n) is 4.40. The lowest BCUT2D eigenvalue weighted by atomic mass is 9.84. The van der Waals surface area contributed by atoms with Gasteiger partial charge in [0, 0.05) is 28.2 Å². The number of halogens is 1. The fraction of sp³-hybridized carbons (Fsp3) is 0.250. The third-order valence-electron chi connectivity index (χ3n) is 3.08. The molecular formula is C12H12BBrN2. The summed E-state index contributed by atoms with van der Waals surface area (Å²) in [6.07, 6.45) is 3.56. The Kier molecular flexibility index (Phi) is 2.81. The van der Waals surface area contributed by atoms with E-state index in [-0.39, 0.29) is 5.41 Å². The van der Waals surface area contributed by atoms with E-state index in [4.69, 9.17) is 5.26 Å². The summed E-state index contributed by atoms with van der Waals surface area (Å²) >= 11 is 3.49. The van der Waals surface area contributed by atoms with E-state index in [0.717, 1.165) is 11.0 Å². The summed E-state index contributed by atoms with van der Waals surface area (Å²) in [5.41, 5.74) is 2.46. The fourth-order valence-corrected chi connectivity index (χ4v) is 2.68. The van der Waals surface area contributed by atoms with Crippen molar-refractivity contribution in [1.29, 1.82) is 5.26 Å². The van der Waals surface area contributed by atoms with E-state index in [9.17, 15) is 0 Å². The molecule has 16 heavy (non-hydrogen) atoms. The molecule has 0 spiro atoms. The van der Waals surface area contributed by atoms with Crippen LogP contribution >= 0.6 is 15.9 Å². The normalized spacial score (nSPS) is 23.4. The maximum absolute atomic E-state index is 8.64. The van der Waals surface area contributed by atoms with Gasteiger partial charge in [-0.1, -0.05) is 35.0 Å². The van der Waals surface area contributed by atoms with E-state index in [2.05, 4.69) is 59.9 Å². The second-order valence-corrected chi connectivity index (χ2v) is 5.31. The topological polar surface area (TPSA) is 27.0 Å². The average Bonchev–Trinajstić information content (AvgIpc) is 2.49. The first-order valence-electron chi connectivity index (χ1n) is 5.15. The Bertz CT molecular complexity index is 492. The number of allylic oxidation sites excluding steroid dienone is 1. The summed E-state index contributed by atoms with van der Waals surface area (Å²) in [4.78, 5) is 2.22. The van der Waals surface area contributed by atoms with Gasteiger partial charge in [0.05, 0.1) is 6.07 Å². The number of nitriles is 1. The molecule has 0 amide bonds. The first kappa shape index (κ1) is 11.3. The highest BCUT2D eigenvalue weighted by molar-refractivity contribution is 9.10. The zero-order valence-corrected chi connectivity index (χ0v) is 11.0. The van der Waals surface area contributed by atoms with Crippen molar-refractivity contribution in [3.8, 4) is 6.07 Å². The number of nitrogens with zero attached hydrogens (tertiary/aromatic N) is 2. The smallest absolute Gasteiger partial charge is 0.217 e. The Labute approximate surface area is 105 Å². The minimum absolute atomic E-state index is 0.0550. The minimum atomic E-state index is -0.0550. The molecule has 0 N–H and O–H groups in total. The summed E-state index contributed by atoms with van der Waals surface area (Å²) in [5, 5.41) is 8.64. The van der Waals surface area contributed by atoms with Gasteiger partial charge in [0.2, 0.25) is 7.98 Å². The Hall–Kier alpha value is -1.21. The van der Waals surface area contributed by atoms with Crippen molar-refractivity contribution in [2.24, 2.45) is 0 Å². The van der Waals surface area contributed by atoms with Crippen molar-refractivity contribution in [2.45, 2.75) is 12.3 Å². The molecule has 1 unspecified atom stereocenters. The van der Waals surface area contributed by atoms with Crippen LogP contribution < -0.4 is 4.81 Å². The molecule has 0 saturated heterocycles. The third kappa shape index (κ3) is 1.76. The molecule has 2 nitrogen and oxygen atoms in total. The number of hydrogen-bond donors (Lipinski definition) is 0. The third-order valence-corrected chi connectivity index (χ3v) is 3.57. The molecule has 0 aromatic heterocycles. The van der Waals surface area contributed by atoms with Crippen molar-refractivity contribution >= 4 is 29.6 Å². The first-order chi connectivity index (χ1) is 7.57. The minimum Gasteiger partial charge on any atom is -0.420 e. The van der Waals surface area contributed by atoms with E-state index in [1.165, 1.54) is 11.3 Å². The number of anilines is 1. The molecule has 2 rings (SSSR count). The average molecular weight is 275 g/mol. The van der Waals surface area contributed by atoms with E-state index in [1.807, 2.05) is 6.08 Å². The van der Waals surface area contributed by atoms with Crippen molar-refractivity contribution in [3.63, 3.8) is 0 Å². The summed E-state index contributed by atoms with van der Waals surface area (Å²) in [6, 6.07) is 8.38. The number of benzene rings is 1. The largest absolute Gasteiger partial charge is 0.420 e. The lowest BCUT2D eigenvalue weighted by Crippen LogP contribution is -2.27. The van der Waals surface area contributed by atoms with Gasteiger partial charge in [0.25, 0.3) is 0 Å². The van der Waals surface area contributed by atoms with Crippen molar-refractivity contribution in [3.05, 3.63) is 40.4 Å². The Morgan fingerprint density at radius 1 is 1.62 bits per heavy atom. The summed E-state index contributed by atoms with van der Waals surface area (Å²) in [6.45, 7) is 3.08. The zero-order chi connectivity index (χ0) is 11.8. The lowest BCUT2D eigenvalue weighted by Gasteiger charge is -2.20. The number of hydrogen-bond acceptors (Lipinski definition) is 2. The molecule has 1 aromatic carbocycles. The summed E-state index contributed by atoms with van der Waals surface area (Å²) in [7, 11) is 2.08. The number of fused-ring (bicyclic) bond motifs is 1. The van der Waals surface area contributed by atoms with E-state index in [1.54, 1.807) is 6.08 Å². The molecule has 1 aliphatic heterocycles. The van der Waals surface area contributed by atoms with Gasteiger partial charge in [-0.05, 0) is 17.7 Å². The predicted molar refractivity (Wildman–Crippen MR) is 72.1 cm³/mol. The van der Waals surface area contributed by atoms with Gasteiger partial charge in [0.15, 0.2) is 0 Å². The van der Waals surface area contributed by atoms with Crippen LogP contribution in [0.15, 0.2) is 34.8 Å². The summed E-state index contributed by atoms with van der Waals surface area (Å²) in [5.74, 6) is 0. The maximum atomic E-state index is 8.64.